The van der Waals surface area contributed by atoms with Gasteiger partial charge >= 0.3 is 24.1 Å². The van der Waals surface area contributed by atoms with Crippen LogP contribution < -0.4 is 0 Å². The first kappa shape index (κ1) is 62.1. The topological polar surface area (TPSA) is 219 Å². The Balaban J connectivity index is 0.000000452. The maximum Gasteiger partial charge on any atom is 0.413 e. The number of benzene rings is 2. The van der Waals surface area contributed by atoms with E-state index in [1.807, 2.05) is 0 Å². The van der Waals surface area contributed by atoms with Gasteiger partial charge in [-0.1, -0.05) is 88.3 Å². The average molecular weight is 1060 g/mol. The maximum atomic E-state index is 13.1. The fourth-order valence-corrected chi connectivity index (χ4v) is 12.0. The quantitative estimate of drug-likeness (QED) is 0.123. The summed E-state index contributed by atoms with van der Waals surface area (Å²) in [6.07, 6.45) is 0.358. The Bertz CT molecular complexity index is 2220. The summed E-state index contributed by atoms with van der Waals surface area (Å²) in [5.74, 6) is -1.80. The lowest BCUT2D eigenvalue weighted by Crippen LogP contribution is -2.54. The van der Waals surface area contributed by atoms with Crippen LogP contribution in [0.25, 0.3) is 0 Å². The normalized spacial score (nSPS) is 21.7. The zero-order valence-corrected chi connectivity index (χ0v) is 42.9. The number of nitrogens with zero attached hydrogens (tertiary/aromatic N) is 2. The van der Waals surface area contributed by atoms with Gasteiger partial charge in [0.05, 0.1) is 37.9 Å². The zero-order chi connectivity index (χ0) is 50.5. The van der Waals surface area contributed by atoms with Crippen LogP contribution in [0, 0.1) is 10.8 Å². The number of aliphatic hydroxyl groups is 1. The Morgan fingerprint density at radius 2 is 1.09 bits per heavy atom. The molecule has 4 fully saturated rings. The van der Waals surface area contributed by atoms with Crippen LogP contribution in [0.1, 0.15) is 105 Å². The zero-order valence-electron chi connectivity index (χ0n) is 39.7. The molecule has 0 radical (unpaired) electrons. The van der Waals surface area contributed by atoms with Crippen molar-refractivity contribution in [3.05, 3.63) is 69.7 Å². The van der Waals surface area contributed by atoms with Crippen molar-refractivity contribution in [3.8, 4) is 0 Å². The number of carbonyl (C=O) groups is 6. The number of rotatable bonds is 16. The van der Waals surface area contributed by atoms with Gasteiger partial charge in [-0.2, -0.15) is 0 Å². The second-order valence-electron chi connectivity index (χ2n) is 18.1. The van der Waals surface area contributed by atoms with E-state index >= 15 is 0 Å². The molecule has 0 bridgehead atoms. The van der Waals surface area contributed by atoms with Gasteiger partial charge < -0.3 is 33.5 Å². The van der Waals surface area contributed by atoms with Crippen molar-refractivity contribution in [1.82, 2.24) is 9.80 Å². The predicted molar refractivity (Wildman–Crippen MR) is 268 cm³/mol. The summed E-state index contributed by atoms with van der Waals surface area (Å²) in [5, 5.41) is 7.78. The number of hydrogen-bond donors (Lipinski definition) is 1. The van der Waals surface area contributed by atoms with Gasteiger partial charge in [-0.25, -0.2) is 18.0 Å². The van der Waals surface area contributed by atoms with Crippen LogP contribution >= 0.6 is 35.0 Å². The number of thioether (sulfide) groups is 1. The molecule has 2 saturated carbocycles. The van der Waals surface area contributed by atoms with Gasteiger partial charge in [0.15, 0.2) is 21.4 Å². The average Bonchev–Trinajstić information content (AvgIpc) is 3.26. The highest BCUT2D eigenvalue weighted by atomic mass is 35.5. The number of hydrogen-bond acceptors (Lipinski definition) is 16. The second-order valence-corrected chi connectivity index (χ2v) is 21.9. The lowest BCUT2D eigenvalue weighted by atomic mass is 9.74. The first-order valence-corrected chi connectivity index (χ1v) is 26.0. The molecule has 1 N–H and O–H groups in total. The highest BCUT2D eigenvalue weighted by Crippen LogP contribution is 2.44. The molecular weight excluding hydrogens is 992 g/mol. The molecule has 2 saturated heterocycles. The van der Waals surface area contributed by atoms with Gasteiger partial charge in [-0.3, -0.25) is 29.0 Å². The molecule has 2 aliphatic heterocycles. The minimum atomic E-state index is -3.73. The van der Waals surface area contributed by atoms with Crippen LogP contribution in [-0.4, -0.2) is 142 Å². The number of sulfone groups is 1. The van der Waals surface area contributed by atoms with E-state index in [0.29, 0.717) is 79.7 Å². The van der Waals surface area contributed by atoms with E-state index in [1.54, 1.807) is 55.5 Å². The molecule has 2 aliphatic carbocycles. The summed E-state index contributed by atoms with van der Waals surface area (Å²) < 4.78 is 55.8. The van der Waals surface area contributed by atoms with Crippen molar-refractivity contribution in [2.45, 2.75) is 118 Å². The fraction of sp³-hybridized carbons (Fsp3) is 0.633. The molecule has 4 aliphatic rings. The third kappa shape index (κ3) is 15.5. The standard InChI is InChI=1S/C23H30ClNO8S.C23H30ClNO6S.CH4O.2CH4/c1-16(32-20(27)12-34(29,30)15-22(2)13-31-14-22)33-21(28)25(3)23(11-7-6-10-19(23)26)17-8-4-5-9-18(17)24;1-16(30-20(27)12-32-15-22(2)13-29-14-22)31-21(28)25(3)23(11-7-6-10-19(23)26)17-8-4-5-9-18(17)24;1-2;;/h4-5,8-9,16H,6-7,10-15H2,1-3H3;4-5,8-9,16H,6-7,10-15H2,1-3H3;2H,1H3;2*1H4/t2*16?,23-;;;/m00.../s1. The van der Waals surface area contributed by atoms with Gasteiger partial charge in [0.25, 0.3) is 0 Å². The largest absolute Gasteiger partial charge is 0.425 e. The molecule has 2 aromatic carbocycles. The van der Waals surface area contributed by atoms with Gasteiger partial charge in [-0.15, -0.1) is 11.8 Å². The van der Waals surface area contributed by atoms with Crippen LogP contribution in [0.2, 0.25) is 10.0 Å². The van der Waals surface area contributed by atoms with E-state index in [1.165, 1.54) is 49.5 Å². The lowest BCUT2D eigenvalue weighted by molar-refractivity contribution is -0.165. The number of aliphatic hydroxyl groups excluding tert-OH is 1. The molecule has 17 nitrogen and oxygen atoms in total. The number of halogens is 2. The van der Waals surface area contributed by atoms with Crippen molar-refractivity contribution in [2.75, 3.05) is 70.6 Å². The number of ketones is 2. The monoisotopic (exact) mass is 1060 g/mol. The summed E-state index contributed by atoms with van der Waals surface area (Å²) in [7, 11) is 0.239. The highest BCUT2D eigenvalue weighted by Gasteiger charge is 2.50. The van der Waals surface area contributed by atoms with E-state index in [4.69, 9.17) is 56.7 Å². The lowest BCUT2D eigenvalue weighted by Gasteiger charge is -2.43. The van der Waals surface area contributed by atoms with Gasteiger partial charge in [0.1, 0.15) is 16.8 Å². The molecule has 2 heterocycles. The van der Waals surface area contributed by atoms with Crippen LogP contribution in [0.3, 0.4) is 0 Å². The minimum absolute atomic E-state index is 0. The summed E-state index contributed by atoms with van der Waals surface area (Å²) in [6.45, 7) is 8.68. The second kappa shape index (κ2) is 27.2. The van der Waals surface area contributed by atoms with Crippen LogP contribution in [0.4, 0.5) is 9.59 Å². The Kier molecular flexibility index (Phi) is 24.1. The van der Waals surface area contributed by atoms with E-state index in [9.17, 15) is 37.2 Å². The summed E-state index contributed by atoms with van der Waals surface area (Å²) in [6, 6.07) is 13.9. The van der Waals surface area contributed by atoms with Crippen molar-refractivity contribution in [2.24, 2.45) is 10.8 Å². The van der Waals surface area contributed by atoms with Crippen LogP contribution in [-0.2, 0) is 68.5 Å². The smallest absolute Gasteiger partial charge is 0.413 e. The Morgan fingerprint density at radius 3 is 1.46 bits per heavy atom. The van der Waals surface area contributed by atoms with Gasteiger partial charge in [0.2, 0.25) is 12.6 Å². The van der Waals surface area contributed by atoms with E-state index in [2.05, 4.69) is 6.92 Å². The molecule has 70 heavy (non-hydrogen) atoms. The Labute approximate surface area is 427 Å². The van der Waals surface area contributed by atoms with Crippen LogP contribution in [0.15, 0.2) is 48.5 Å². The van der Waals surface area contributed by atoms with E-state index in [-0.39, 0.29) is 49.8 Å². The molecule has 2 unspecified atom stereocenters. The summed E-state index contributed by atoms with van der Waals surface area (Å²) in [4.78, 5) is 78.9. The molecule has 4 atom stereocenters. The number of likely N-dealkylation sites (N-methyl/N-ethyl adjacent to an activating group) is 2. The highest BCUT2D eigenvalue weighted by molar-refractivity contribution is 7.99. The van der Waals surface area contributed by atoms with Crippen molar-refractivity contribution in [1.29, 1.82) is 0 Å². The summed E-state index contributed by atoms with van der Waals surface area (Å²) in [5.41, 5.74) is -1.83. The molecule has 0 aromatic heterocycles. The van der Waals surface area contributed by atoms with Gasteiger partial charge in [0, 0.05) is 85.6 Å². The molecule has 21 heteroatoms. The molecule has 6 rings (SSSR count). The van der Waals surface area contributed by atoms with Crippen molar-refractivity contribution in [3.63, 3.8) is 0 Å². The number of carbonyl (C=O) groups excluding carboxylic acids is 6. The SMILES string of the molecule is C.C.CC(OC(=O)CS(=O)(=O)CC1(C)COC1)OC(=O)N(C)[C@]1(c2ccccc2Cl)CCCCC1=O.CC(OC(=O)CSCC1(C)COC1)OC(=O)N(C)[C@]1(c2ccccc2Cl)CCCCC1=O.CO. The predicted octanol–water partition coefficient (Wildman–Crippen LogP) is 8.37. The number of ether oxygens (including phenoxy) is 6. The molecular formula is C49H72Cl2N2O15S2. The van der Waals surface area contributed by atoms with E-state index in [0.717, 1.165) is 25.7 Å². The maximum absolute atomic E-state index is 13.1. The molecule has 2 aromatic rings. The first-order chi connectivity index (χ1) is 32.1. The van der Waals surface area contributed by atoms with Crippen molar-refractivity contribution < 1.29 is 70.7 Å². The molecule has 2 amide bonds. The summed E-state index contributed by atoms with van der Waals surface area (Å²) >= 11 is 14.3. The number of amides is 2. The first-order valence-electron chi connectivity index (χ1n) is 22.3. The minimum Gasteiger partial charge on any atom is -0.425 e. The number of Topliss-reactive ketones (excluding diaryl/α,β-unsaturated/α-hetero) is 2. The van der Waals surface area contributed by atoms with Crippen LogP contribution in [0.5, 0.6) is 0 Å². The van der Waals surface area contributed by atoms with Crippen molar-refractivity contribution >= 4 is 80.5 Å². The third-order valence-corrected chi connectivity index (χ3v) is 16.0. The van der Waals surface area contributed by atoms with E-state index < -0.39 is 68.8 Å². The fourth-order valence-electron chi connectivity index (χ4n) is 8.71. The van der Waals surface area contributed by atoms with Gasteiger partial charge in [-0.05, 0) is 50.7 Å². The Hall–Kier alpha value is -3.98. The molecule has 0 spiro atoms. The third-order valence-electron chi connectivity index (χ3n) is 12.1. The number of esters is 2. The Morgan fingerprint density at radius 1 is 0.686 bits per heavy atom. The molecule has 394 valence electrons.